The van der Waals surface area contributed by atoms with E-state index in [0.717, 1.165) is 6.07 Å². The van der Waals surface area contributed by atoms with E-state index in [-0.39, 0.29) is 17.4 Å². The number of hydrogen-bond acceptors (Lipinski definition) is 3. The van der Waals surface area contributed by atoms with Gasteiger partial charge in [-0.15, -0.1) is 0 Å². The molecule has 0 aliphatic carbocycles. The Morgan fingerprint density at radius 1 is 1.29 bits per heavy atom. The molecule has 4 nitrogen and oxygen atoms in total. The van der Waals surface area contributed by atoms with E-state index in [0.29, 0.717) is 16.8 Å². The molecule has 0 fully saturated rings. The van der Waals surface area contributed by atoms with E-state index in [4.69, 9.17) is 5.11 Å². The number of carbonyl (C=O) groups is 1. The van der Waals surface area contributed by atoms with Crippen molar-refractivity contribution in [1.29, 1.82) is 0 Å². The number of aromatic hydroxyl groups is 1. The minimum absolute atomic E-state index is 0.137. The van der Waals surface area contributed by atoms with Crippen LogP contribution >= 0.6 is 0 Å². The number of halogens is 1. The number of carboxylic acids is 1. The number of hydrogen-bond donors (Lipinski definition) is 3. The first-order valence-electron chi connectivity index (χ1n) is 6.48. The smallest absolute Gasteiger partial charge is 0.336 e. The Bertz CT molecular complexity index is 685. The zero-order valence-electron chi connectivity index (χ0n) is 11.7. The van der Waals surface area contributed by atoms with Gasteiger partial charge in [-0.05, 0) is 37.6 Å². The molecule has 2 aromatic carbocycles. The molecule has 0 aromatic heterocycles. The number of anilines is 1. The Morgan fingerprint density at radius 3 is 2.62 bits per heavy atom. The summed E-state index contributed by atoms with van der Waals surface area (Å²) in [6, 6.07) is 8.46. The van der Waals surface area contributed by atoms with Crippen LogP contribution in [-0.4, -0.2) is 16.2 Å². The standard InChI is InChI=1S/C16H16FNO3/c1-9-12(16(20)21)4-3-5-14(9)18-10(2)13-7-6-11(17)8-15(13)19/h3-8,10,18-19H,1-2H3,(H,20,21). The molecule has 2 rings (SSSR count). The van der Waals surface area contributed by atoms with E-state index < -0.39 is 11.8 Å². The highest BCUT2D eigenvalue weighted by molar-refractivity contribution is 5.91. The third-order valence-corrected chi connectivity index (χ3v) is 3.40. The predicted octanol–water partition coefficient (Wildman–Crippen LogP) is 3.71. The lowest BCUT2D eigenvalue weighted by molar-refractivity contribution is 0.0696. The average Bonchev–Trinajstić information content (AvgIpc) is 2.40. The first kappa shape index (κ1) is 14.8. The molecule has 110 valence electrons. The third kappa shape index (κ3) is 3.13. The second kappa shape index (κ2) is 5.83. The minimum Gasteiger partial charge on any atom is -0.507 e. The van der Waals surface area contributed by atoms with E-state index in [1.807, 2.05) is 0 Å². The van der Waals surface area contributed by atoms with Crippen molar-refractivity contribution in [1.82, 2.24) is 0 Å². The van der Waals surface area contributed by atoms with Crippen LogP contribution in [0.1, 0.15) is 34.5 Å². The van der Waals surface area contributed by atoms with Crippen molar-refractivity contribution in [3.8, 4) is 5.75 Å². The van der Waals surface area contributed by atoms with Crippen LogP contribution in [0.3, 0.4) is 0 Å². The zero-order valence-corrected chi connectivity index (χ0v) is 11.7. The Hall–Kier alpha value is -2.56. The molecule has 0 aliphatic heterocycles. The van der Waals surface area contributed by atoms with Gasteiger partial charge < -0.3 is 15.5 Å². The first-order chi connectivity index (χ1) is 9.90. The highest BCUT2D eigenvalue weighted by Crippen LogP contribution is 2.29. The summed E-state index contributed by atoms with van der Waals surface area (Å²) in [5.74, 6) is -1.64. The van der Waals surface area contributed by atoms with Crippen LogP contribution < -0.4 is 5.32 Å². The molecule has 0 aliphatic rings. The molecule has 0 saturated heterocycles. The molecule has 0 heterocycles. The maximum Gasteiger partial charge on any atom is 0.336 e. The van der Waals surface area contributed by atoms with Crippen molar-refractivity contribution >= 4 is 11.7 Å². The number of benzene rings is 2. The van der Waals surface area contributed by atoms with Gasteiger partial charge in [-0.3, -0.25) is 0 Å². The molecule has 0 bridgehead atoms. The molecule has 0 amide bonds. The third-order valence-electron chi connectivity index (χ3n) is 3.40. The normalized spacial score (nSPS) is 12.0. The molecular formula is C16H16FNO3. The predicted molar refractivity (Wildman–Crippen MR) is 78.2 cm³/mol. The van der Waals surface area contributed by atoms with E-state index in [2.05, 4.69) is 5.32 Å². The van der Waals surface area contributed by atoms with Gasteiger partial charge in [0.15, 0.2) is 0 Å². The number of rotatable bonds is 4. The summed E-state index contributed by atoms with van der Waals surface area (Å²) in [6.07, 6.45) is 0. The molecule has 0 spiro atoms. The van der Waals surface area contributed by atoms with Crippen LogP contribution in [0.15, 0.2) is 36.4 Å². The monoisotopic (exact) mass is 289 g/mol. The van der Waals surface area contributed by atoms with Crippen molar-refractivity contribution in [3.63, 3.8) is 0 Å². The van der Waals surface area contributed by atoms with Gasteiger partial charge in [0.2, 0.25) is 0 Å². The van der Waals surface area contributed by atoms with E-state index in [1.54, 1.807) is 26.0 Å². The van der Waals surface area contributed by atoms with Gasteiger partial charge in [0, 0.05) is 17.3 Å². The van der Waals surface area contributed by atoms with Crippen molar-refractivity contribution in [2.75, 3.05) is 5.32 Å². The van der Waals surface area contributed by atoms with Crippen LogP contribution in [-0.2, 0) is 0 Å². The Labute approximate surface area is 121 Å². The summed E-state index contributed by atoms with van der Waals surface area (Å²) < 4.78 is 13.0. The zero-order chi connectivity index (χ0) is 15.6. The molecule has 2 aromatic rings. The van der Waals surface area contributed by atoms with Gasteiger partial charge in [0.25, 0.3) is 0 Å². The highest BCUT2D eigenvalue weighted by Gasteiger charge is 2.14. The number of phenols is 1. The first-order valence-corrected chi connectivity index (χ1v) is 6.48. The van der Waals surface area contributed by atoms with Crippen LogP contribution in [0.4, 0.5) is 10.1 Å². The summed E-state index contributed by atoms with van der Waals surface area (Å²) in [4.78, 5) is 11.1. The van der Waals surface area contributed by atoms with Crippen LogP contribution in [0.2, 0.25) is 0 Å². The summed E-state index contributed by atoms with van der Waals surface area (Å²) in [7, 11) is 0. The van der Waals surface area contributed by atoms with Gasteiger partial charge in [-0.1, -0.05) is 12.1 Å². The van der Waals surface area contributed by atoms with Gasteiger partial charge in [0.05, 0.1) is 11.6 Å². The number of carboxylic acid groups (broad SMARTS) is 1. The van der Waals surface area contributed by atoms with Crippen molar-refractivity contribution in [2.24, 2.45) is 0 Å². The summed E-state index contributed by atoms with van der Waals surface area (Å²) in [5, 5.41) is 22.0. The molecule has 3 N–H and O–H groups in total. The van der Waals surface area contributed by atoms with Crippen LogP contribution in [0.25, 0.3) is 0 Å². The fourth-order valence-electron chi connectivity index (χ4n) is 2.22. The van der Waals surface area contributed by atoms with Gasteiger partial charge in [0.1, 0.15) is 11.6 Å². The largest absolute Gasteiger partial charge is 0.507 e. The fourth-order valence-corrected chi connectivity index (χ4v) is 2.22. The van der Waals surface area contributed by atoms with Gasteiger partial charge in [-0.25, -0.2) is 9.18 Å². The summed E-state index contributed by atoms with van der Waals surface area (Å²) in [5.41, 5.74) is 2.02. The second-order valence-electron chi connectivity index (χ2n) is 4.85. The Kier molecular flexibility index (Phi) is 4.12. The van der Waals surface area contributed by atoms with E-state index in [1.165, 1.54) is 18.2 Å². The fraction of sp³-hybridized carbons (Fsp3) is 0.188. The average molecular weight is 289 g/mol. The lowest BCUT2D eigenvalue weighted by Crippen LogP contribution is -2.10. The van der Waals surface area contributed by atoms with Gasteiger partial charge in [-0.2, -0.15) is 0 Å². The highest BCUT2D eigenvalue weighted by atomic mass is 19.1. The number of phenolic OH excluding ortho intramolecular Hbond substituents is 1. The second-order valence-corrected chi connectivity index (χ2v) is 4.85. The van der Waals surface area contributed by atoms with E-state index in [9.17, 15) is 14.3 Å². The molecule has 0 saturated carbocycles. The maximum atomic E-state index is 13.0. The molecule has 5 heteroatoms. The number of nitrogens with one attached hydrogen (secondary N) is 1. The molecule has 1 unspecified atom stereocenters. The summed E-state index contributed by atoms with van der Waals surface area (Å²) in [6.45, 7) is 3.52. The SMILES string of the molecule is Cc1c(NC(C)c2ccc(F)cc2O)cccc1C(=O)O. The molecular weight excluding hydrogens is 273 g/mol. The number of aromatic carboxylic acids is 1. The topological polar surface area (TPSA) is 69.6 Å². The van der Waals surface area contributed by atoms with Crippen LogP contribution in [0, 0.1) is 12.7 Å². The van der Waals surface area contributed by atoms with Crippen molar-refractivity contribution < 1.29 is 19.4 Å². The quantitative estimate of drug-likeness (QED) is 0.802. The summed E-state index contributed by atoms with van der Waals surface area (Å²) >= 11 is 0. The van der Waals surface area contributed by atoms with Gasteiger partial charge >= 0.3 is 5.97 Å². The molecule has 0 radical (unpaired) electrons. The molecule has 1 atom stereocenters. The maximum absolute atomic E-state index is 13.0. The van der Waals surface area contributed by atoms with Crippen molar-refractivity contribution in [2.45, 2.75) is 19.9 Å². The molecule has 21 heavy (non-hydrogen) atoms. The Balaban J connectivity index is 2.29. The Morgan fingerprint density at radius 2 is 2.00 bits per heavy atom. The minimum atomic E-state index is -0.992. The lowest BCUT2D eigenvalue weighted by Gasteiger charge is -2.19. The van der Waals surface area contributed by atoms with Crippen molar-refractivity contribution in [3.05, 3.63) is 58.9 Å². The van der Waals surface area contributed by atoms with E-state index >= 15 is 0 Å². The van der Waals surface area contributed by atoms with Crippen LogP contribution in [0.5, 0.6) is 5.75 Å². The lowest BCUT2D eigenvalue weighted by atomic mass is 10.0.